The van der Waals surface area contributed by atoms with Crippen molar-refractivity contribution in [1.82, 2.24) is 9.73 Å². The van der Waals surface area contributed by atoms with Crippen LogP contribution in [0.25, 0.3) is 0 Å². The van der Waals surface area contributed by atoms with Gasteiger partial charge in [0.15, 0.2) is 0 Å². The van der Waals surface area contributed by atoms with E-state index in [1.807, 2.05) is 19.1 Å². The third kappa shape index (κ3) is 6.87. The summed E-state index contributed by atoms with van der Waals surface area (Å²) in [6, 6.07) is 23.4. The fourth-order valence-corrected chi connectivity index (χ4v) is 5.19. The lowest BCUT2D eigenvalue weighted by atomic mass is 10.1. The summed E-state index contributed by atoms with van der Waals surface area (Å²) in [5.41, 5.74) is 4.58. The standard InChI is InChI=1S/C27H23Cl2N3O4S/c1-19-4-2-3-5-26(19)27(33)31-30-16-23-12-13-24(36-23)18-32(17-20-6-8-21(28)9-7-20)37(34,35)25-14-10-22(29)11-15-25/h2-16H,17-18H2,1H3,(H,31,33)/b30-16-. The minimum atomic E-state index is -3.89. The van der Waals surface area contributed by atoms with E-state index in [9.17, 15) is 13.2 Å². The number of furan rings is 1. The molecule has 0 radical (unpaired) electrons. The molecule has 0 aliphatic carbocycles. The van der Waals surface area contributed by atoms with E-state index in [1.54, 1.807) is 48.5 Å². The first-order valence-electron chi connectivity index (χ1n) is 11.2. The van der Waals surface area contributed by atoms with E-state index >= 15 is 0 Å². The van der Waals surface area contributed by atoms with Crippen molar-refractivity contribution in [3.05, 3.63) is 123 Å². The summed E-state index contributed by atoms with van der Waals surface area (Å²) in [7, 11) is -3.89. The van der Waals surface area contributed by atoms with Crippen molar-refractivity contribution in [2.75, 3.05) is 0 Å². The topological polar surface area (TPSA) is 92.0 Å². The second-order valence-corrected chi connectivity index (χ2v) is 11.0. The Hall–Kier alpha value is -3.43. The normalized spacial score (nSPS) is 11.8. The number of benzene rings is 3. The molecule has 190 valence electrons. The molecule has 4 rings (SSSR count). The van der Waals surface area contributed by atoms with E-state index in [-0.39, 0.29) is 23.9 Å². The maximum atomic E-state index is 13.5. The molecule has 0 aliphatic rings. The average Bonchev–Trinajstić information content (AvgIpc) is 3.32. The fraction of sp³-hybridized carbons (Fsp3) is 0.111. The van der Waals surface area contributed by atoms with Gasteiger partial charge in [-0.3, -0.25) is 4.79 Å². The molecule has 10 heteroatoms. The Bertz CT molecular complexity index is 1520. The second-order valence-electron chi connectivity index (χ2n) is 8.17. The van der Waals surface area contributed by atoms with Gasteiger partial charge in [0.05, 0.1) is 17.7 Å². The predicted octanol–water partition coefficient (Wildman–Crippen LogP) is 6.05. The first kappa shape index (κ1) is 26.6. The Kier molecular flexibility index (Phi) is 8.45. The van der Waals surface area contributed by atoms with Gasteiger partial charge in [-0.05, 0) is 72.6 Å². The van der Waals surface area contributed by atoms with Gasteiger partial charge in [-0.2, -0.15) is 9.41 Å². The van der Waals surface area contributed by atoms with Crippen LogP contribution in [0.2, 0.25) is 10.0 Å². The number of hydrogen-bond acceptors (Lipinski definition) is 5. The number of hydrogen-bond donors (Lipinski definition) is 1. The van der Waals surface area contributed by atoms with Crippen LogP contribution < -0.4 is 5.43 Å². The molecule has 1 heterocycles. The molecule has 0 spiro atoms. The highest BCUT2D eigenvalue weighted by molar-refractivity contribution is 7.89. The van der Waals surface area contributed by atoms with E-state index in [2.05, 4.69) is 10.5 Å². The SMILES string of the molecule is Cc1ccccc1C(=O)N/N=C\c1ccc(CN(Cc2ccc(Cl)cc2)S(=O)(=O)c2ccc(Cl)cc2)o1. The van der Waals surface area contributed by atoms with Gasteiger partial charge in [-0.15, -0.1) is 0 Å². The zero-order chi connectivity index (χ0) is 26.4. The molecule has 37 heavy (non-hydrogen) atoms. The third-order valence-electron chi connectivity index (χ3n) is 5.49. The molecule has 0 saturated carbocycles. The van der Waals surface area contributed by atoms with Crippen LogP contribution in [0.5, 0.6) is 0 Å². The molecule has 1 amide bonds. The summed E-state index contributed by atoms with van der Waals surface area (Å²) in [5, 5.41) is 4.95. The fourth-order valence-electron chi connectivity index (χ4n) is 3.54. The monoisotopic (exact) mass is 555 g/mol. The van der Waals surface area contributed by atoms with E-state index in [0.717, 1.165) is 11.1 Å². The van der Waals surface area contributed by atoms with Crippen LogP contribution in [0.3, 0.4) is 0 Å². The molecular weight excluding hydrogens is 533 g/mol. The van der Waals surface area contributed by atoms with Crippen LogP contribution in [0, 0.1) is 6.92 Å². The van der Waals surface area contributed by atoms with Crippen LogP contribution in [0.15, 0.2) is 99.3 Å². The number of hydrazone groups is 1. The van der Waals surface area contributed by atoms with Gasteiger partial charge < -0.3 is 4.42 Å². The lowest BCUT2D eigenvalue weighted by Gasteiger charge is -2.21. The van der Waals surface area contributed by atoms with Gasteiger partial charge in [-0.25, -0.2) is 13.8 Å². The minimum absolute atomic E-state index is 0.0308. The Morgan fingerprint density at radius 3 is 2.24 bits per heavy atom. The van der Waals surface area contributed by atoms with Crippen LogP contribution in [0.4, 0.5) is 0 Å². The smallest absolute Gasteiger partial charge is 0.271 e. The van der Waals surface area contributed by atoms with E-state index in [1.165, 1.54) is 34.8 Å². The molecule has 0 saturated heterocycles. The zero-order valence-electron chi connectivity index (χ0n) is 19.8. The highest BCUT2D eigenvalue weighted by Gasteiger charge is 2.26. The number of carbonyl (C=O) groups excluding carboxylic acids is 1. The first-order valence-corrected chi connectivity index (χ1v) is 13.4. The van der Waals surface area contributed by atoms with Crippen LogP contribution in [-0.2, 0) is 23.1 Å². The molecule has 0 fully saturated rings. The largest absolute Gasteiger partial charge is 0.459 e. The molecule has 1 N–H and O–H groups in total. The van der Waals surface area contributed by atoms with Crippen LogP contribution in [0.1, 0.15) is 33.0 Å². The Morgan fingerprint density at radius 2 is 1.57 bits per heavy atom. The predicted molar refractivity (Wildman–Crippen MR) is 144 cm³/mol. The van der Waals surface area contributed by atoms with Crippen molar-refractivity contribution in [2.24, 2.45) is 5.10 Å². The maximum Gasteiger partial charge on any atom is 0.271 e. The van der Waals surface area contributed by atoms with E-state index in [0.29, 0.717) is 27.1 Å². The van der Waals surface area contributed by atoms with Crippen LogP contribution in [-0.4, -0.2) is 24.8 Å². The second kappa shape index (κ2) is 11.7. The van der Waals surface area contributed by atoms with E-state index in [4.69, 9.17) is 27.6 Å². The van der Waals surface area contributed by atoms with Crippen molar-refractivity contribution in [3.63, 3.8) is 0 Å². The van der Waals surface area contributed by atoms with Gasteiger partial charge in [0.25, 0.3) is 5.91 Å². The Morgan fingerprint density at radius 1 is 0.919 bits per heavy atom. The minimum Gasteiger partial charge on any atom is -0.459 e. The summed E-state index contributed by atoms with van der Waals surface area (Å²) >= 11 is 11.9. The summed E-state index contributed by atoms with van der Waals surface area (Å²) in [6.07, 6.45) is 1.36. The number of carbonyl (C=O) groups is 1. The summed E-state index contributed by atoms with van der Waals surface area (Å²) in [6.45, 7) is 1.90. The average molecular weight is 556 g/mol. The number of halogens is 2. The van der Waals surface area contributed by atoms with Gasteiger partial charge in [-0.1, -0.05) is 53.5 Å². The van der Waals surface area contributed by atoms with Crippen molar-refractivity contribution < 1.29 is 17.6 Å². The van der Waals surface area contributed by atoms with Gasteiger partial charge in [0.1, 0.15) is 11.5 Å². The maximum absolute atomic E-state index is 13.5. The quantitative estimate of drug-likeness (QED) is 0.201. The highest BCUT2D eigenvalue weighted by atomic mass is 35.5. The molecule has 4 aromatic rings. The number of sulfonamides is 1. The molecule has 0 unspecified atom stereocenters. The van der Waals surface area contributed by atoms with Crippen molar-refractivity contribution in [2.45, 2.75) is 24.9 Å². The Labute approximate surface area is 225 Å². The summed E-state index contributed by atoms with van der Waals surface area (Å²) < 4.78 is 34.0. The molecule has 7 nitrogen and oxygen atoms in total. The number of rotatable bonds is 9. The lowest BCUT2D eigenvalue weighted by molar-refractivity contribution is 0.0954. The molecular formula is C27H23Cl2N3O4S. The molecule has 0 atom stereocenters. The molecule has 0 aliphatic heterocycles. The van der Waals surface area contributed by atoms with Gasteiger partial charge in [0, 0.05) is 22.2 Å². The number of nitrogens with zero attached hydrogens (tertiary/aromatic N) is 2. The van der Waals surface area contributed by atoms with E-state index < -0.39 is 10.0 Å². The highest BCUT2D eigenvalue weighted by Crippen LogP contribution is 2.24. The van der Waals surface area contributed by atoms with Gasteiger partial charge in [0.2, 0.25) is 10.0 Å². The summed E-state index contributed by atoms with van der Waals surface area (Å²) in [4.78, 5) is 12.4. The van der Waals surface area contributed by atoms with Crippen molar-refractivity contribution >= 4 is 45.3 Å². The molecule has 0 bridgehead atoms. The molecule has 1 aromatic heterocycles. The van der Waals surface area contributed by atoms with Crippen molar-refractivity contribution in [3.8, 4) is 0 Å². The third-order valence-corrected chi connectivity index (χ3v) is 7.80. The Balaban J connectivity index is 1.51. The number of nitrogens with one attached hydrogen (secondary N) is 1. The summed E-state index contributed by atoms with van der Waals surface area (Å²) in [5.74, 6) is 0.415. The lowest BCUT2D eigenvalue weighted by Crippen LogP contribution is -2.30. The number of amides is 1. The van der Waals surface area contributed by atoms with Crippen LogP contribution >= 0.6 is 23.2 Å². The number of aryl methyl sites for hydroxylation is 1. The zero-order valence-corrected chi connectivity index (χ0v) is 22.1. The van der Waals surface area contributed by atoms with Gasteiger partial charge >= 0.3 is 0 Å². The first-order chi connectivity index (χ1) is 17.7. The van der Waals surface area contributed by atoms with Crippen molar-refractivity contribution in [1.29, 1.82) is 0 Å². The molecule has 3 aromatic carbocycles.